The molecule has 1 N–H and O–H groups in total. The van der Waals surface area contributed by atoms with Gasteiger partial charge in [-0.15, -0.1) is 11.8 Å². The third-order valence-corrected chi connectivity index (χ3v) is 6.22. The van der Waals surface area contributed by atoms with E-state index in [0.717, 1.165) is 21.6 Å². The fraction of sp³-hybridized carbons (Fsp3) is 0.231. The van der Waals surface area contributed by atoms with Crippen molar-refractivity contribution < 1.29 is 9.59 Å². The van der Waals surface area contributed by atoms with E-state index in [1.807, 2.05) is 91.9 Å². The Hall–Kier alpha value is -3.05. The molecule has 160 valence electrons. The Labute approximate surface area is 188 Å². The lowest BCUT2D eigenvalue weighted by Crippen LogP contribution is -2.50. The first-order chi connectivity index (χ1) is 15.1. The van der Waals surface area contributed by atoms with Gasteiger partial charge in [0.2, 0.25) is 11.8 Å². The monoisotopic (exact) mass is 432 g/mol. The predicted molar refractivity (Wildman–Crippen MR) is 127 cm³/mol. The van der Waals surface area contributed by atoms with Gasteiger partial charge in [-0.2, -0.15) is 0 Å². The zero-order valence-electron chi connectivity index (χ0n) is 18.0. The molecule has 0 fully saturated rings. The number of hydrogen-bond acceptors (Lipinski definition) is 3. The first kappa shape index (κ1) is 22.6. The van der Waals surface area contributed by atoms with Crippen LogP contribution in [0.2, 0.25) is 0 Å². The van der Waals surface area contributed by atoms with Gasteiger partial charge in [0.15, 0.2) is 0 Å². The van der Waals surface area contributed by atoms with Gasteiger partial charge in [-0.05, 0) is 35.7 Å². The lowest BCUT2D eigenvalue weighted by atomic mass is 10.0. The Morgan fingerprint density at radius 3 is 2.16 bits per heavy atom. The van der Waals surface area contributed by atoms with Gasteiger partial charge in [-0.3, -0.25) is 9.59 Å². The van der Waals surface area contributed by atoms with E-state index in [1.54, 1.807) is 11.9 Å². The summed E-state index contributed by atoms with van der Waals surface area (Å²) in [6, 6.07) is 27.1. The molecule has 0 bridgehead atoms. The number of benzene rings is 3. The third kappa shape index (κ3) is 6.46. The zero-order chi connectivity index (χ0) is 22.1. The molecule has 1 atom stereocenters. The van der Waals surface area contributed by atoms with Crippen LogP contribution < -0.4 is 5.32 Å². The molecule has 0 aliphatic heterocycles. The van der Waals surface area contributed by atoms with Crippen molar-refractivity contribution in [2.75, 3.05) is 12.8 Å². The average molecular weight is 433 g/mol. The van der Waals surface area contributed by atoms with Gasteiger partial charge in [0.05, 0.1) is 5.75 Å². The smallest absolute Gasteiger partial charge is 0.242 e. The second kappa shape index (κ2) is 11.4. The fourth-order valence-corrected chi connectivity index (χ4v) is 4.24. The molecule has 0 radical (unpaired) electrons. The van der Waals surface area contributed by atoms with Gasteiger partial charge in [-0.25, -0.2) is 0 Å². The van der Waals surface area contributed by atoms with E-state index < -0.39 is 6.04 Å². The minimum Gasteiger partial charge on any atom is -0.357 e. The SMILES string of the molecule is CNC(=O)[C@@H](Cc1ccccc1)N(Cc1ccccc1C)C(=O)CSc1ccccc1. The maximum absolute atomic E-state index is 13.4. The summed E-state index contributed by atoms with van der Waals surface area (Å²) >= 11 is 1.49. The van der Waals surface area contributed by atoms with Crippen LogP contribution in [0.25, 0.3) is 0 Å². The van der Waals surface area contributed by atoms with Crippen molar-refractivity contribution in [1.29, 1.82) is 0 Å². The third-order valence-electron chi connectivity index (χ3n) is 5.22. The number of hydrogen-bond donors (Lipinski definition) is 1. The Bertz CT molecular complexity index is 993. The highest BCUT2D eigenvalue weighted by atomic mass is 32.2. The number of amides is 2. The summed E-state index contributed by atoms with van der Waals surface area (Å²) in [7, 11) is 1.62. The van der Waals surface area contributed by atoms with Crippen LogP contribution in [0.1, 0.15) is 16.7 Å². The summed E-state index contributed by atoms with van der Waals surface area (Å²) in [5.41, 5.74) is 3.17. The molecular formula is C26H28N2O2S. The fourth-order valence-electron chi connectivity index (χ4n) is 3.44. The van der Waals surface area contributed by atoms with E-state index in [9.17, 15) is 9.59 Å². The highest BCUT2D eigenvalue weighted by Crippen LogP contribution is 2.21. The van der Waals surface area contributed by atoms with Crippen LogP contribution in [-0.2, 0) is 22.6 Å². The topological polar surface area (TPSA) is 49.4 Å². The number of carbonyl (C=O) groups excluding carboxylic acids is 2. The summed E-state index contributed by atoms with van der Waals surface area (Å²) in [5, 5.41) is 2.76. The summed E-state index contributed by atoms with van der Waals surface area (Å²) < 4.78 is 0. The number of likely N-dealkylation sites (N-methyl/N-ethyl adjacent to an activating group) is 1. The second-order valence-corrected chi connectivity index (χ2v) is 8.42. The molecule has 0 aromatic heterocycles. The second-order valence-electron chi connectivity index (χ2n) is 7.37. The summed E-state index contributed by atoms with van der Waals surface area (Å²) in [4.78, 5) is 29.1. The molecular weight excluding hydrogens is 404 g/mol. The van der Waals surface area contributed by atoms with Gasteiger partial charge in [0, 0.05) is 24.9 Å². The molecule has 2 amide bonds. The lowest BCUT2D eigenvalue weighted by molar-refractivity contribution is -0.139. The van der Waals surface area contributed by atoms with Gasteiger partial charge >= 0.3 is 0 Å². The Kier molecular flexibility index (Phi) is 8.30. The molecule has 0 saturated heterocycles. The van der Waals surface area contributed by atoms with Crippen LogP contribution in [0.5, 0.6) is 0 Å². The molecule has 31 heavy (non-hydrogen) atoms. The molecule has 0 spiro atoms. The molecule has 5 heteroatoms. The van der Waals surface area contributed by atoms with Gasteiger partial charge < -0.3 is 10.2 Å². The summed E-state index contributed by atoms with van der Waals surface area (Å²) in [6.07, 6.45) is 0.466. The molecule has 0 aliphatic carbocycles. The van der Waals surface area contributed by atoms with Crippen molar-refractivity contribution in [2.24, 2.45) is 0 Å². The molecule has 0 aliphatic rings. The van der Waals surface area contributed by atoms with Crippen LogP contribution in [0.15, 0.2) is 89.8 Å². The molecule has 3 aromatic rings. The van der Waals surface area contributed by atoms with E-state index in [4.69, 9.17) is 0 Å². The Balaban J connectivity index is 1.88. The van der Waals surface area contributed by atoms with Gasteiger partial charge in [0.1, 0.15) is 6.04 Å². The highest BCUT2D eigenvalue weighted by Gasteiger charge is 2.30. The molecule has 3 aromatic carbocycles. The highest BCUT2D eigenvalue weighted by molar-refractivity contribution is 8.00. The summed E-state index contributed by atoms with van der Waals surface area (Å²) in [5.74, 6) is 0.0650. The number of rotatable bonds is 9. The number of thioether (sulfide) groups is 1. The Morgan fingerprint density at radius 2 is 1.52 bits per heavy atom. The zero-order valence-corrected chi connectivity index (χ0v) is 18.8. The molecule has 0 saturated carbocycles. The van der Waals surface area contributed by atoms with Crippen LogP contribution in [0.4, 0.5) is 0 Å². The van der Waals surface area contributed by atoms with E-state index in [0.29, 0.717) is 13.0 Å². The average Bonchev–Trinajstić information content (AvgIpc) is 2.81. The van der Waals surface area contributed by atoms with Crippen molar-refractivity contribution in [3.63, 3.8) is 0 Å². The maximum Gasteiger partial charge on any atom is 0.242 e. The normalized spacial score (nSPS) is 11.5. The van der Waals surface area contributed by atoms with Gasteiger partial charge in [-0.1, -0.05) is 72.8 Å². The number of carbonyl (C=O) groups is 2. The van der Waals surface area contributed by atoms with Crippen molar-refractivity contribution in [2.45, 2.75) is 30.8 Å². The van der Waals surface area contributed by atoms with Crippen molar-refractivity contribution in [1.82, 2.24) is 10.2 Å². The minimum atomic E-state index is -0.587. The maximum atomic E-state index is 13.4. The number of nitrogens with zero attached hydrogens (tertiary/aromatic N) is 1. The van der Waals surface area contributed by atoms with Crippen LogP contribution in [0, 0.1) is 6.92 Å². The van der Waals surface area contributed by atoms with Crippen molar-refractivity contribution in [3.8, 4) is 0 Å². The van der Waals surface area contributed by atoms with Crippen LogP contribution >= 0.6 is 11.8 Å². The predicted octanol–water partition coefficient (Wildman–Crippen LogP) is 4.47. The first-order valence-electron chi connectivity index (χ1n) is 10.4. The van der Waals surface area contributed by atoms with Crippen LogP contribution in [-0.4, -0.2) is 35.6 Å². The molecule has 4 nitrogen and oxygen atoms in total. The van der Waals surface area contributed by atoms with E-state index >= 15 is 0 Å². The standard InChI is InChI=1S/C26H28N2O2S/c1-20-11-9-10-14-22(20)18-28(25(29)19-31-23-15-7-4-8-16-23)24(26(30)27-2)17-21-12-5-3-6-13-21/h3-16,24H,17-19H2,1-2H3,(H,27,30)/t24-/m1/s1. The van der Waals surface area contributed by atoms with E-state index in [2.05, 4.69) is 5.32 Å². The molecule has 0 unspecified atom stereocenters. The quantitative estimate of drug-likeness (QED) is 0.508. The van der Waals surface area contributed by atoms with Crippen LogP contribution in [0.3, 0.4) is 0 Å². The van der Waals surface area contributed by atoms with Crippen molar-refractivity contribution >= 4 is 23.6 Å². The Morgan fingerprint density at radius 1 is 0.903 bits per heavy atom. The van der Waals surface area contributed by atoms with E-state index in [1.165, 1.54) is 11.8 Å². The van der Waals surface area contributed by atoms with Gasteiger partial charge in [0.25, 0.3) is 0 Å². The minimum absolute atomic E-state index is 0.0540. The van der Waals surface area contributed by atoms with Crippen molar-refractivity contribution in [3.05, 3.63) is 102 Å². The molecule has 0 heterocycles. The number of aryl methyl sites for hydroxylation is 1. The largest absolute Gasteiger partial charge is 0.357 e. The first-order valence-corrected chi connectivity index (χ1v) is 11.3. The molecule has 3 rings (SSSR count). The lowest BCUT2D eigenvalue weighted by Gasteiger charge is -2.31. The van der Waals surface area contributed by atoms with E-state index in [-0.39, 0.29) is 17.6 Å². The summed E-state index contributed by atoms with van der Waals surface area (Å²) in [6.45, 7) is 2.43. The number of nitrogens with one attached hydrogen (secondary N) is 1.